The van der Waals surface area contributed by atoms with Crippen molar-refractivity contribution in [2.24, 2.45) is 0 Å². The monoisotopic (exact) mass is 469 g/mol. The first kappa shape index (κ1) is 22.0. The fraction of sp³-hybridized carbons (Fsp3) is 0.167. The van der Waals surface area contributed by atoms with Crippen molar-refractivity contribution in [3.63, 3.8) is 0 Å². The third-order valence-electron chi connectivity index (χ3n) is 5.23. The molecule has 6 nitrogen and oxygen atoms in total. The van der Waals surface area contributed by atoms with Gasteiger partial charge >= 0.3 is 0 Å². The fourth-order valence-electron chi connectivity index (χ4n) is 3.61. The Morgan fingerprint density at radius 2 is 1.94 bits per heavy atom. The van der Waals surface area contributed by atoms with E-state index in [-0.39, 0.29) is 17.2 Å². The molecule has 0 unspecified atom stereocenters. The molecule has 0 aliphatic rings. The van der Waals surface area contributed by atoms with Gasteiger partial charge in [0.05, 0.1) is 28.9 Å². The van der Waals surface area contributed by atoms with Crippen LogP contribution in [0.4, 0.5) is 0 Å². The highest BCUT2D eigenvalue weighted by Gasteiger charge is 2.20. The molecular formula is C24H21Cl2N3O3. The minimum absolute atomic E-state index is 0.110. The molecule has 0 saturated heterocycles. The molecule has 0 saturated carbocycles. The maximum Gasteiger partial charge on any atom is 0.257 e. The molecule has 0 bridgehead atoms. The average molecular weight is 470 g/mol. The number of nitrogens with one attached hydrogen (secondary N) is 1. The number of phenolic OH excluding ortho intramolecular Hbond substituents is 1. The predicted molar refractivity (Wildman–Crippen MR) is 126 cm³/mol. The molecule has 164 valence electrons. The molecule has 0 spiro atoms. The van der Waals surface area contributed by atoms with Crippen molar-refractivity contribution >= 4 is 40.0 Å². The van der Waals surface area contributed by atoms with Crippen molar-refractivity contribution in [3.8, 4) is 11.5 Å². The van der Waals surface area contributed by atoms with Crippen LogP contribution in [-0.4, -0.2) is 40.3 Å². The second-order valence-electron chi connectivity index (χ2n) is 7.52. The smallest absolute Gasteiger partial charge is 0.257 e. The van der Waals surface area contributed by atoms with Gasteiger partial charge in [-0.3, -0.25) is 9.89 Å². The van der Waals surface area contributed by atoms with Crippen LogP contribution < -0.4 is 4.74 Å². The molecule has 0 fully saturated rings. The minimum atomic E-state index is -0.312. The molecule has 32 heavy (non-hydrogen) atoms. The van der Waals surface area contributed by atoms with E-state index in [0.29, 0.717) is 34.3 Å². The Labute approximate surface area is 195 Å². The lowest BCUT2D eigenvalue weighted by Crippen LogP contribution is -2.26. The van der Waals surface area contributed by atoms with Crippen LogP contribution in [0, 0.1) is 0 Å². The Hall–Kier alpha value is -3.22. The number of aromatic hydroxyl groups is 1. The molecule has 1 heterocycles. The quantitative estimate of drug-likeness (QED) is 0.393. The van der Waals surface area contributed by atoms with Gasteiger partial charge in [-0.25, -0.2) is 0 Å². The summed E-state index contributed by atoms with van der Waals surface area (Å²) in [5.41, 5.74) is 3.48. The van der Waals surface area contributed by atoms with Crippen LogP contribution in [0.5, 0.6) is 11.5 Å². The lowest BCUT2D eigenvalue weighted by molar-refractivity contribution is 0.0782. The van der Waals surface area contributed by atoms with E-state index in [1.54, 1.807) is 32.4 Å². The van der Waals surface area contributed by atoms with Crippen molar-refractivity contribution in [1.29, 1.82) is 0 Å². The molecule has 3 aromatic carbocycles. The zero-order valence-electron chi connectivity index (χ0n) is 17.5. The number of aromatic amines is 1. The number of nitrogens with zero attached hydrogens (tertiary/aromatic N) is 2. The number of rotatable bonds is 6. The Bertz CT molecular complexity index is 1300. The van der Waals surface area contributed by atoms with Gasteiger partial charge in [0.2, 0.25) is 0 Å². The molecule has 0 atom stereocenters. The summed E-state index contributed by atoms with van der Waals surface area (Å²) < 4.78 is 5.25. The number of carbonyl (C=O) groups excluding carboxylic acids is 1. The van der Waals surface area contributed by atoms with Gasteiger partial charge in [-0.2, -0.15) is 5.10 Å². The molecule has 0 radical (unpaired) electrons. The van der Waals surface area contributed by atoms with Crippen LogP contribution in [0.1, 0.15) is 27.2 Å². The van der Waals surface area contributed by atoms with E-state index in [4.69, 9.17) is 27.9 Å². The van der Waals surface area contributed by atoms with Gasteiger partial charge in [0.1, 0.15) is 11.5 Å². The highest BCUT2D eigenvalue weighted by molar-refractivity contribution is 6.32. The number of methoxy groups -OCH3 is 1. The van der Waals surface area contributed by atoms with Gasteiger partial charge in [-0.15, -0.1) is 0 Å². The summed E-state index contributed by atoms with van der Waals surface area (Å²) >= 11 is 12.2. The second-order valence-corrected chi connectivity index (χ2v) is 8.37. The van der Waals surface area contributed by atoms with Crippen molar-refractivity contribution in [2.75, 3.05) is 14.2 Å². The first-order valence-corrected chi connectivity index (χ1v) is 10.6. The van der Waals surface area contributed by atoms with Gasteiger partial charge in [0.25, 0.3) is 5.91 Å². The largest absolute Gasteiger partial charge is 0.507 e. The van der Waals surface area contributed by atoms with Crippen LogP contribution in [0.3, 0.4) is 0 Å². The number of hydrogen-bond donors (Lipinski definition) is 2. The van der Waals surface area contributed by atoms with Gasteiger partial charge < -0.3 is 14.7 Å². The molecule has 8 heteroatoms. The third kappa shape index (κ3) is 4.52. The zero-order chi connectivity index (χ0) is 22.8. The first-order valence-electron chi connectivity index (χ1n) is 9.88. The SMILES string of the molecule is COc1cc(CN(C)C(=O)c2cc3c(Cc4cccc(Cl)c4)n[nH]c3cc2O)ccc1Cl. The maximum absolute atomic E-state index is 13.1. The normalized spacial score (nSPS) is 11.0. The standard InChI is InChI=1S/C24H21Cl2N3O3/c1-29(13-15-6-7-19(26)23(10-15)32-2)24(31)18-11-17-20(27-28-21(17)12-22(18)30)9-14-4-3-5-16(25)8-14/h3-8,10-12,30H,9,13H2,1-2H3,(H,27,28). The number of amides is 1. The summed E-state index contributed by atoms with van der Waals surface area (Å²) in [5, 5.41) is 19.7. The van der Waals surface area contributed by atoms with E-state index >= 15 is 0 Å². The first-order chi connectivity index (χ1) is 15.4. The number of carbonyl (C=O) groups is 1. The van der Waals surface area contributed by atoms with E-state index in [9.17, 15) is 9.90 Å². The van der Waals surface area contributed by atoms with Crippen LogP contribution in [0.2, 0.25) is 10.0 Å². The lowest BCUT2D eigenvalue weighted by atomic mass is 10.0. The molecule has 0 aliphatic carbocycles. The number of fused-ring (bicyclic) bond motifs is 1. The molecule has 4 rings (SSSR count). The van der Waals surface area contributed by atoms with E-state index in [0.717, 1.165) is 22.2 Å². The predicted octanol–water partition coefficient (Wildman–Crippen LogP) is 5.45. The summed E-state index contributed by atoms with van der Waals surface area (Å²) in [6.45, 7) is 0.324. The number of H-pyrrole nitrogens is 1. The number of hydrogen-bond acceptors (Lipinski definition) is 4. The zero-order valence-corrected chi connectivity index (χ0v) is 19.0. The molecular weight excluding hydrogens is 449 g/mol. The van der Waals surface area contributed by atoms with Crippen molar-refractivity contribution in [1.82, 2.24) is 15.1 Å². The second kappa shape index (κ2) is 9.10. The number of benzene rings is 3. The number of ether oxygens (including phenoxy) is 1. The fourth-order valence-corrected chi connectivity index (χ4v) is 4.02. The maximum atomic E-state index is 13.1. The summed E-state index contributed by atoms with van der Waals surface area (Å²) in [4.78, 5) is 14.7. The third-order valence-corrected chi connectivity index (χ3v) is 5.78. The van der Waals surface area contributed by atoms with Crippen molar-refractivity contribution in [2.45, 2.75) is 13.0 Å². The van der Waals surface area contributed by atoms with Gasteiger partial charge in [-0.1, -0.05) is 41.4 Å². The van der Waals surface area contributed by atoms with E-state index < -0.39 is 0 Å². The van der Waals surface area contributed by atoms with Crippen LogP contribution in [0.25, 0.3) is 10.9 Å². The molecule has 1 amide bonds. The molecule has 0 aliphatic heterocycles. The summed E-state index contributed by atoms with van der Waals surface area (Å²) in [5.74, 6) is 0.118. The van der Waals surface area contributed by atoms with Gasteiger partial charge in [-0.05, 0) is 41.5 Å². The average Bonchev–Trinajstić information content (AvgIpc) is 3.15. The summed E-state index contributed by atoms with van der Waals surface area (Å²) in [6.07, 6.45) is 0.541. The highest BCUT2D eigenvalue weighted by atomic mass is 35.5. The van der Waals surface area contributed by atoms with Gasteiger partial charge in [0, 0.05) is 36.5 Å². The van der Waals surface area contributed by atoms with Crippen molar-refractivity contribution < 1.29 is 14.6 Å². The van der Waals surface area contributed by atoms with Gasteiger partial charge in [0.15, 0.2) is 0 Å². The summed E-state index contributed by atoms with van der Waals surface area (Å²) in [7, 11) is 3.22. The number of aromatic nitrogens is 2. The Morgan fingerprint density at radius 1 is 1.12 bits per heavy atom. The topological polar surface area (TPSA) is 78.5 Å². The highest BCUT2D eigenvalue weighted by Crippen LogP contribution is 2.29. The number of halogens is 2. The van der Waals surface area contributed by atoms with E-state index in [2.05, 4.69) is 10.2 Å². The molecule has 2 N–H and O–H groups in total. The Balaban J connectivity index is 1.61. The Kier molecular flexibility index (Phi) is 6.26. The molecule has 4 aromatic rings. The van der Waals surface area contributed by atoms with Crippen LogP contribution in [0.15, 0.2) is 54.6 Å². The Morgan fingerprint density at radius 3 is 2.69 bits per heavy atom. The van der Waals surface area contributed by atoms with Crippen LogP contribution in [-0.2, 0) is 13.0 Å². The van der Waals surface area contributed by atoms with Crippen molar-refractivity contribution in [3.05, 3.63) is 87.0 Å². The summed E-state index contributed by atoms with van der Waals surface area (Å²) in [6, 6.07) is 16.1. The number of phenols is 1. The minimum Gasteiger partial charge on any atom is -0.507 e. The van der Waals surface area contributed by atoms with Crippen LogP contribution >= 0.6 is 23.2 Å². The lowest BCUT2D eigenvalue weighted by Gasteiger charge is -2.19. The molecule has 1 aromatic heterocycles. The van der Waals surface area contributed by atoms with E-state index in [1.165, 1.54) is 11.0 Å². The van der Waals surface area contributed by atoms with E-state index in [1.807, 2.05) is 30.3 Å².